The molecule has 1 aliphatic rings. The van der Waals surface area contributed by atoms with Crippen molar-refractivity contribution < 1.29 is 8.42 Å². The lowest BCUT2D eigenvalue weighted by Crippen LogP contribution is -2.47. The molecule has 0 amide bonds. The zero-order valence-electron chi connectivity index (χ0n) is 9.15. The first-order valence-electron chi connectivity index (χ1n) is 4.91. The van der Waals surface area contributed by atoms with Crippen molar-refractivity contribution in [1.82, 2.24) is 10.2 Å². The first-order chi connectivity index (χ1) is 6.89. The zero-order chi connectivity index (χ0) is 11.5. The van der Waals surface area contributed by atoms with Crippen LogP contribution in [0.3, 0.4) is 0 Å². The number of nitriles is 1. The molecule has 86 valence electrons. The molecule has 5 nitrogen and oxygen atoms in total. The fourth-order valence-corrected chi connectivity index (χ4v) is 3.50. The predicted octanol–water partition coefficient (Wildman–Crippen LogP) is -0.782. The Morgan fingerprint density at radius 1 is 1.53 bits per heavy atom. The molecule has 15 heavy (non-hydrogen) atoms. The fourth-order valence-electron chi connectivity index (χ4n) is 1.64. The summed E-state index contributed by atoms with van der Waals surface area (Å²) in [6.45, 7) is 1.43. The lowest BCUT2D eigenvalue weighted by Gasteiger charge is -2.21. The van der Waals surface area contributed by atoms with Crippen molar-refractivity contribution in [3.8, 4) is 6.07 Å². The van der Waals surface area contributed by atoms with E-state index in [0.29, 0.717) is 13.0 Å². The molecule has 1 unspecified atom stereocenters. The van der Waals surface area contributed by atoms with Crippen molar-refractivity contribution in [1.29, 1.82) is 5.26 Å². The molecule has 0 spiro atoms. The van der Waals surface area contributed by atoms with Crippen molar-refractivity contribution >= 4 is 9.84 Å². The van der Waals surface area contributed by atoms with E-state index in [4.69, 9.17) is 5.26 Å². The van der Waals surface area contributed by atoms with E-state index in [1.165, 1.54) is 0 Å². The molecule has 6 heteroatoms. The van der Waals surface area contributed by atoms with Gasteiger partial charge in [0.05, 0.1) is 17.6 Å². The summed E-state index contributed by atoms with van der Waals surface area (Å²) >= 11 is 0. The van der Waals surface area contributed by atoms with E-state index in [1.54, 1.807) is 0 Å². The number of hydrogen-bond acceptors (Lipinski definition) is 5. The van der Waals surface area contributed by atoms with Crippen molar-refractivity contribution in [2.24, 2.45) is 0 Å². The Labute approximate surface area is 91.0 Å². The minimum atomic E-state index is -3.02. The molecule has 1 rings (SSSR count). The normalized spacial score (nSPS) is 29.2. The van der Waals surface area contributed by atoms with Crippen LogP contribution in [0.15, 0.2) is 0 Å². The topological polar surface area (TPSA) is 73.2 Å². The van der Waals surface area contributed by atoms with Gasteiger partial charge in [-0.2, -0.15) is 5.26 Å². The maximum atomic E-state index is 11.3. The summed E-state index contributed by atoms with van der Waals surface area (Å²) in [6, 6.07) is 2.10. The molecule has 0 aromatic heterocycles. The van der Waals surface area contributed by atoms with Crippen LogP contribution in [0, 0.1) is 11.3 Å². The van der Waals surface area contributed by atoms with Gasteiger partial charge in [-0.1, -0.05) is 0 Å². The molecule has 1 heterocycles. The molecule has 0 aromatic carbocycles. The molecule has 0 aliphatic carbocycles. The lowest BCUT2D eigenvalue weighted by atomic mass is 10.0. The monoisotopic (exact) mass is 231 g/mol. The Kier molecular flexibility index (Phi) is 3.71. The summed E-state index contributed by atoms with van der Waals surface area (Å²) in [5.74, 6) is 0.0689. The number of nitrogens with zero attached hydrogens (tertiary/aromatic N) is 2. The lowest BCUT2D eigenvalue weighted by molar-refractivity contribution is 0.366. The van der Waals surface area contributed by atoms with Crippen molar-refractivity contribution in [2.75, 3.05) is 38.7 Å². The third-order valence-corrected chi connectivity index (χ3v) is 4.30. The van der Waals surface area contributed by atoms with Crippen LogP contribution in [0.25, 0.3) is 0 Å². The summed E-state index contributed by atoms with van der Waals surface area (Å²) in [5, 5.41) is 12.1. The highest BCUT2D eigenvalue weighted by Gasteiger charge is 2.42. The van der Waals surface area contributed by atoms with Crippen LogP contribution < -0.4 is 5.32 Å². The van der Waals surface area contributed by atoms with E-state index in [2.05, 4.69) is 11.4 Å². The van der Waals surface area contributed by atoms with E-state index >= 15 is 0 Å². The molecule has 1 saturated heterocycles. The molecule has 1 aliphatic heterocycles. The summed E-state index contributed by atoms with van der Waals surface area (Å²) in [6.07, 6.45) is 0.402. The van der Waals surface area contributed by atoms with Gasteiger partial charge in [0, 0.05) is 13.1 Å². The number of likely N-dealkylation sites (N-methyl/N-ethyl adjacent to an activating group) is 1. The minimum Gasteiger partial charge on any atom is -0.308 e. The van der Waals surface area contributed by atoms with E-state index in [9.17, 15) is 8.42 Å². The number of rotatable bonds is 4. The van der Waals surface area contributed by atoms with Crippen LogP contribution >= 0.6 is 0 Å². The highest BCUT2D eigenvalue weighted by Crippen LogP contribution is 2.22. The van der Waals surface area contributed by atoms with E-state index in [-0.39, 0.29) is 11.5 Å². The second-order valence-electron chi connectivity index (χ2n) is 4.27. The van der Waals surface area contributed by atoms with Crippen LogP contribution in [-0.2, 0) is 9.84 Å². The second-order valence-corrected chi connectivity index (χ2v) is 6.45. The van der Waals surface area contributed by atoms with Crippen molar-refractivity contribution in [2.45, 2.75) is 12.0 Å². The van der Waals surface area contributed by atoms with Gasteiger partial charge < -0.3 is 4.90 Å². The first kappa shape index (κ1) is 12.4. The first-order valence-corrected chi connectivity index (χ1v) is 6.73. The van der Waals surface area contributed by atoms with Gasteiger partial charge in [-0.25, -0.2) is 8.42 Å². The predicted molar refractivity (Wildman–Crippen MR) is 58.2 cm³/mol. The van der Waals surface area contributed by atoms with Crippen molar-refractivity contribution in [3.05, 3.63) is 0 Å². The molecule has 0 aromatic rings. The average molecular weight is 231 g/mol. The Hall–Kier alpha value is -0.640. The van der Waals surface area contributed by atoms with Crippen LogP contribution in [0.1, 0.15) is 6.42 Å². The maximum absolute atomic E-state index is 11.3. The van der Waals surface area contributed by atoms with Gasteiger partial charge in [-0.05, 0) is 20.5 Å². The number of nitrogens with one attached hydrogen (secondary N) is 1. The second kappa shape index (κ2) is 4.47. The largest absolute Gasteiger partial charge is 0.308 e. The van der Waals surface area contributed by atoms with Gasteiger partial charge in [0.2, 0.25) is 0 Å². The average Bonchev–Trinajstić information content (AvgIpc) is 2.42. The third kappa shape index (κ3) is 3.45. The maximum Gasteiger partial charge on any atom is 0.153 e. The van der Waals surface area contributed by atoms with Gasteiger partial charge in [0.1, 0.15) is 5.54 Å². The highest BCUT2D eigenvalue weighted by atomic mass is 32.2. The molecule has 1 N–H and O–H groups in total. The molecular weight excluding hydrogens is 214 g/mol. The SMILES string of the molecule is CN(C)CCNC1(C#N)CCS(=O)(=O)C1. The summed E-state index contributed by atoms with van der Waals surface area (Å²) in [4.78, 5) is 1.99. The van der Waals surface area contributed by atoms with Crippen LogP contribution in [0.4, 0.5) is 0 Å². The van der Waals surface area contributed by atoms with E-state index in [1.807, 2.05) is 19.0 Å². The number of sulfone groups is 1. The van der Waals surface area contributed by atoms with Gasteiger partial charge >= 0.3 is 0 Å². The summed E-state index contributed by atoms with van der Waals surface area (Å²) in [7, 11) is 0.858. The Morgan fingerprint density at radius 2 is 2.20 bits per heavy atom. The van der Waals surface area contributed by atoms with E-state index < -0.39 is 15.4 Å². The highest BCUT2D eigenvalue weighted by molar-refractivity contribution is 7.91. The Morgan fingerprint density at radius 3 is 2.60 bits per heavy atom. The molecule has 0 bridgehead atoms. The van der Waals surface area contributed by atoms with E-state index in [0.717, 1.165) is 6.54 Å². The quantitative estimate of drug-likeness (QED) is 0.687. The smallest absolute Gasteiger partial charge is 0.153 e. The summed E-state index contributed by atoms with van der Waals surface area (Å²) in [5.41, 5.74) is -0.852. The van der Waals surface area contributed by atoms with Gasteiger partial charge in [0.15, 0.2) is 9.84 Å². The van der Waals surface area contributed by atoms with Gasteiger partial charge in [-0.15, -0.1) is 0 Å². The Balaban J connectivity index is 2.54. The van der Waals surface area contributed by atoms with Crippen LogP contribution in [0.2, 0.25) is 0 Å². The molecule has 1 atom stereocenters. The van der Waals surface area contributed by atoms with Crippen molar-refractivity contribution in [3.63, 3.8) is 0 Å². The summed E-state index contributed by atoms with van der Waals surface area (Å²) < 4.78 is 22.6. The fraction of sp³-hybridized carbons (Fsp3) is 0.889. The number of hydrogen-bond donors (Lipinski definition) is 1. The molecule has 1 fully saturated rings. The van der Waals surface area contributed by atoms with Crippen LogP contribution in [-0.4, -0.2) is 57.5 Å². The minimum absolute atomic E-state index is 0.0517. The molecule has 0 radical (unpaired) electrons. The zero-order valence-corrected chi connectivity index (χ0v) is 9.97. The molecular formula is C9H17N3O2S. The standard InChI is InChI=1S/C9H17N3O2S/c1-12(2)5-4-11-9(7-10)3-6-15(13,14)8-9/h11H,3-6,8H2,1-2H3. The van der Waals surface area contributed by atoms with Crippen LogP contribution in [0.5, 0.6) is 0 Å². The van der Waals surface area contributed by atoms with Gasteiger partial charge in [-0.3, -0.25) is 5.32 Å². The molecule has 0 saturated carbocycles. The third-order valence-electron chi connectivity index (χ3n) is 2.54. The Bertz CT molecular complexity index is 358. The van der Waals surface area contributed by atoms with Gasteiger partial charge in [0.25, 0.3) is 0 Å².